The zero-order chi connectivity index (χ0) is 21.1. The normalized spacial score (nSPS) is 26.3. The maximum absolute atomic E-state index is 13.1. The van der Waals surface area contributed by atoms with E-state index >= 15 is 0 Å². The first-order valence-electron chi connectivity index (χ1n) is 11.7. The van der Waals surface area contributed by atoms with E-state index in [1.54, 1.807) is 9.80 Å². The van der Waals surface area contributed by atoms with E-state index in [-0.39, 0.29) is 36.1 Å². The Morgan fingerprint density at radius 1 is 0.800 bits per heavy atom. The molecule has 4 aliphatic rings. The Kier molecular flexibility index (Phi) is 6.58. The van der Waals surface area contributed by atoms with Gasteiger partial charge < -0.3 is 19.6 Å². The van der Waals surface area contributed by atoms with Crippen LogP contribution in [0.5, 0.6) is 0 Å². The van der Waals surface area contributed by atoms with E-state index in [9.17, 15) is 19.2 Å². The minimum atomic E-state index is -0.220. The molecule has 0 spiro atoms. The molecule has 8 heteroatoms. The van der Waals surface area contributed by atoms with Crippen molar-refractivity contribution in [3.05, 3.63) is 0 Å². The first-order valence-corrected chi connectivity index (χ1v) is 11.7. The lowest BCUT2D eigenvalue weighted by Gasteiger charge is -2.40. The summed E-state index contributed by atoms with van der Waals surface area (Å²) in [4.78, 5) is 57.1. The van der Waals surface area contributed by atoms with Crippen LogP contribution in [0.2, 0.25) is 0 Å². The van der Waals surface area contributed by atoms with Crippen LogP contribution in [0, 0.1) is 5.92 Å². The Morgan fingerprint density at radius 3 is 2.23 bits per heavy atom. The summed E-state index contributed by atoms with van der Waals surface area (Å²) >= 11 is 0. The summed E-state index contributed by atoms with van der Waals surface area (Å²) < 4.78 is 0. The van der Waals surface area contributed by atoms with Gasteiger partial charge in [-0.05, 0) is 32.1 Å². The van der Waals surface area contributed by atoms with Gasteiger partial charge >= 0.3 is 0 Å². The van der Waals surface area contributed by atoms with Crippen LogP contribution in [0.25, 0.3) is 0 Å². The van der Waals surface area contributed by atoms with Crippen molar-refractivity contribution in [1.82, 2.24) is 19.6 Å². The van der Waals surface area contributed by atoms with Crippen LogP contribution >= 0.6 is 0 Å². The maximum Gasteiger partial charge on any atom is 0.242 e. The van der Waals surface area contributed by atoms with Crippen LogP contribution in [0.4, 0.5) is 0 Å². The zero-order valence-corrected chi connectivity index (χ0v) is 17.9. The smallest absolute Gasteiger partial charge is 0.242 e. The monoisotopic (exact) mass is 418 g/mol. The molecule has 0 aromatic heterocycles. The van der Waals surface area contributed by atoms with Gasteiger partial charge in [-0.3, -0.25) is 19.2 Å². The second-order valence-electron chi connectivity index (χ2n) is 9.20. The zero-order valence-electron chi connectivity index (χ0n) is 17.9. The van der Waals surface area contributed by atoms with Gasteiger partial charge in [-0.2, -0.15) is 0 Å². The van der Waals surface area contributed by atoms with Gasteiger partial charge in [0.25, 0.3) is 0 Å². The number of rotatable bonds is 6. The molecule has 0 radical (unpaired) electrons. The van der Waals surface area contributed by atoms with E-state index in [0.717, 1.165) is 32.2 Å². The average Bonchev–Trinajstić information content (AvgIpc) is 3.41. The van der Waals surface area contributed by atoms with E-state index in [1.165, 1.54) is 12.8 Å². The van der Waals surface area contributed by atoms with E-state index in [0.29, 0.717) is 58.0 Å². The molecule has 4 fully saturated rings. The molecular formula is C22H34N4O4. The van der Waals surface area contributed by atoms with Gasteiger partial charge in [0.1, 0.15) is 0 Å². The van der Waals surface area contributed by atoms with Crippen LogP contribution in [0.3, 0.4) is 0 Å². The molecular weight excluding hydrogens is 384 g/mol. The summed E-state index contributed by atoms with van der Waals surface area (Å²) in [6, 6.07) is 0.361. The highest BCUT2D eigenvalue weighted by Gasteiger charge is 2.37. The molecule has 4 rings (SSSR count). The first-order chi connectivity index (χ1) is 14.5. The second kappa shape index (κ2) is 9.35. The lowest BCUT2D eigenvalue weighted by molar-refractivity contribution is -0.152. The Morgan fingerprint density at radius 2 is 1.53 bits per heavy atom. The third kappa shape index (κ3) is 4.62. The predicted molar refractivity (Wildman–Crippen MR) is 110 cm³/mol. The Balaban J connectivity index is 1.26. The van der Waals surface area contributed by atoms with Crippen LogP contribution in [0.1, 0.15) is 57.8 Å². The molecule has 4 amide bonds. The first kappa shape index (κ1) is 21.1. The summed E-state index contributed by atoms with van der Waals surface area (Å²) in [6.07, 6.45) is 7.80. The second-order valence-corrected chi connectivity index (χ2v) is 9.20. The summed E-state index contributed by atoms with van der Waals surface area (Å²) in [5, 5.41) is 0. The summed E-state index contributed by atoms with van der Waals surface area (Å²) in [6.45, 7) is 3.92. The standard InChI is InChI=1S/C22H34N4O4/c27-19-7-3-10-23(19)11-4-12-24-15-17(8-9-20(24)28)22(30)25-13-14-26(21(29)16-25)18-5-1-2-6-18/h17-18H,1-16H2. The molecule has 0 N–H and O–H groups in total. The number of carbonyl (C=O) groups is 4. The SMILES string of the molecule is O=C1CCCN1CCCN1CC(C(=O)N2CCN(C3CCCC3)C(=O)C2)CCC1=O. The molecule has 1 atom stereocenters. The van der Waals surface area contributed by atoms with Crippen molar-refractivity contribution in [3.8, 4) is 0 Å². The largest absolute Gasteiger partial charge is 0.343 e. The lowest BCUT2D eigenvalue weighted by Crippen LogP contribution is -2.57. The molecule has 1 unspecified atom stereocenters. The number of likely N-dealkylation sites (tertiary alicyclic amines) is 2. The van der Waals surface area contributed by atoms with Crippen LogP contribution in [0.15, 0.2) is 0 Å². The molecule has 1 saturated carbocycles. The predicted octanol–water partition coefficient (Wildman–Crippen LogP) is 0.851. The molecule has 0 bridgehead atoms. The van der Waals surface area contributed by atoms with Crippen molar-refractivity contribution in [2.75, 3.05) is 45.8 Å². The van der Waals surface area contributed by atoms with Gasteiger partial charge in [0.05, 0.1) is 12.5 Å². The minimum absolute atomic E-state index is 0.0154. The lowest BCUT2D eigenvalue weighted by atomic mass is 9.95. The highest BCUT2D eigenvalue weighted by Crippen LogP contribution is 2.26. The fourth-order valence-electron chi connectivity index (χ4n) is 5.46. The van der Waals surface area contributed by atoms with Crippen LogP contribution in [-0.4, -0.2) is 95.1 Å². The van der Waals surface area contributed by atoms with E-state index in [1.807, 2.05) is 9.80 Å². The third-order valence-corrected chi connectivity index (χ3v) is 7.21. The molecule has 166 valence electrons. The highest BCUT2D eigenvalue weighted by atomic mass is 16.2. The van der Waals surface area contributed by atoms with E-state index in [4.69, 9.17) is 0 Å². The molecule has 3 saturated heterocycles. The Labute approximate surface area is 178 Å². The molecule has 0 aromatic rings. The number of piperazine rings is 1. The van der Waals surface area contributed by atoms with Crippen molar-refractivity contribution >= 4 is 23.6 Å². The number of hydrogen-bond donors (Lipinski definition) is 0. The quantitative estimate of drug-likeness (QED) is 0.641. The van der Waals surface area contributed by atoms with Crippen molar-refractivity contribution in [1.29, 1.82) is 0 Å². The molecule has 30 heavy (non-hydrogen) atoms. The van der Waals surface area contributed by atoms with Gasteiger partial charge in [-0.15, -0.1) is 0 Å². The summed E-state index contributed by atoms with van der Waals surface area (Å²) in [5.41, 5.74) is 0. The van der Waals surface area contributed by atoms with Crippen molar-refractivity contribution in [2.45, 2.75) is 63.8 Å². The number of amides is 4. The Hall–Kier alpha value is -2.12. The minimum Gasteiger partial charge on any atom is -0.343 e. The fraction of sp³-hybridized carbons (Fsp3) is 0.818. The number of hydrogen-bond acceptors (Lipinski definition) is 4. The molecule has 0 aromatic carbocycles. The Bertz CT molecular complexity index is 691. The number of carbonyl (C=O) groups excluding carboxylic acids is 4. The maximum atomic E-state index is 13.1. The fourth-order valence-corrected chi connectivity index (χ4v) is 5.46. The van der Waals surface area contributed by atoms with E-state index in [2.05, 4.69) is 0 Å². The molecule has 1 aliphatic carbocycles. The topological polar surface area (TPSA) is 81.2 Å². The van der Waals surface area contributed by atoms with Crippen molar-refractivity contribution < 1.29 is 19.2 Å². The molecule has 3 aliphatic heterocycles. The molecule has 8 nitrogen and oxygen atoms in total. The summed E-state index contributed by atoms with van der Waals surface area (Å²) in [7, 11) is 0. The third-order valence-electron chi connectivity index (χ3n) is 7.21. The van der Waals surface area contributed by atoms with Gasteiger partial charge in [0.2, 0.25) is 23.6 Å². The van der Waals surface area contributed by atoms with Gasteiger partial charge in [0, 0.05) is 58.2 Å². The summed E-state index contributed by atoms with van der Waals surface area (Å²) in [5.74, 6) is 0.160. The van der Waals surface area contributed by atoms with Gasteiger partial charge in [-0.25, -0.2) is 0 Å². The van der Waals surface area contributed by atoms with Crippen molar-refractivity contribution in [2.24, 2.45) is 5.92 Å². The van der Waals surface area contributed by atoms with Gasteiger partial charge in [-0.1, -0.05) is 12.8 Å². The van der Waals surface area contributed by atoms with E-state index < -0.39 is 0 Å². The van der Waals surface area contributed by atoms with Crippen LogP contribution < -0.4 is 0 Å². The highest BCUT2D eigenvalue weighted by molar-refractivity contribution is 5.88. The van der Waals surface area contributed by atoms with Gasteiger partial charge in [0.15, 0.2) is 0 Å². The number of nitrogens with zero attached hydrogens (tertiary/aromatic N) is 4. The average molecular weight is 419 g/mol. The van der Waals surface area contributed by atoms with Crippen LogP contribution in [-0.2, 0) is 19.2 Å². The molecule has 3 heterocycles. The number of piperidine rings is 1. The van der Waals surface area contributed by atoms with Crippen molar-refractivity contribution in [3.63, 3.8) is 0 Å².